The molecule has 1 rings (SSSR count). The Hall–Kier alpha value is -1.29. The fourth-order valence-corrected chi connectivity index (χ4v) is 0.773. The van der Waals surface area contributed by atoms with Gasteiger partial charge in [-0.05, 0) is 12.5 Å². The van der Waals surface area contributed by atoms with E-state index in [2.05, 4.69) is 9.78 Å². The first-order valence-electron chi connectivity index (χ1n) is 4.16. The fourth-order valence-electron chi connectivity index (χ4n) is 0.773. The summed E-state index contributed by atoms with van der Waals surface area (Å²) in [6, 6.07) is 0. The maximum Gasteiger partial charge on any atom is 0.341 e. The summed E-state index contributed by atoms with van der Waals surface area (Å²) < 4.78 is 4.89. The van der Waals surface area contributed by atoms with Gasteiger partial charge in [-0.25, -0.2) is 4.79 Å². The molecular weight excluding hydrogens is 172 g/mol. The van der Waals surface area contributed by atoms with Crippen molar-refractivity contribution < 1.29 is 19.3 Å². The zero-order chi connectivity index (χ0) is 9.52. The summed E-state index contributed by atoms with van der Waals surface area (Å²) in [5.41, 5.74) is 0.367. The first-order valence-corrected chi connectivity index (χ1v) is 4.16. The van der Waals surface area contributed by atoms with Gasteiger partial charge in [-0.1, -0.05) is 13.0 Å². The van der Waals surface area contributed by atoms with Crippen LogP contribution in [0.4, 0.5) is 0 Å². The third kappa shape index (κ3) is 3.29. The molecule has 1 heterocycles. The second kappa shape index (κ2) is 5.37. The van der Waals surface area contributed by atoms with Crippen molar-refractivity contribution in [2.45, 2.75) is 13.3 Å². The van der Waals surface area contributed by atoms with Crippen LogP contribution in [-0.2, 0) is 19.3 Å². The molecule has 13 heavy (non-hydrogen) atoms. The highest BCUT2D eigenvalue weighted by atomic mass is 17.2. The van der Waals surface area contributed by atoms with Gasteiger partial charge >= 0.3 is 5.97 Å². The Morgan fingerprint density at radius 3 is 3.31 bits per heavy atom. The Labute approximate surface area is 76.7 Å². The van der Waals surface area contributed by atoms with E-state index in [1.807, 2.05) is 6.92 Å². The minimum Gasteiger partial charge on any atom is -0.462 e. The van der Waals surface area contributed by atoms with Gasteiger partial charge in [-0.15, -0.1) is 0 Å². The highest BCUT2D eigenvalue weighted by Gasteiger charge is 2.09. The van der Waals surface area contributed by atoms with Crippen LogP contribution < -0.4 is 0 Å². The van der Waals surface area contributed by atoms with E-state index in [1.54, 1.807) is 12.2 Å². The van der Waals surface area contributed by atoms with Crippen LogP contribution in [0.5, 0.6) is 0 Å². The van der Waals surface area contributed by atoms with Crippen LogP contribution in [0.25, 0.3) is 0 Å². The van der Waals surface area contributed by atoms with Gasteiger partial charge in [0.15, 0.2) is 0 Å². The maximum absolute atomic E-state index is 11.2. The Morgan fingerprint density at radius 1 is 1.69 bits per heavy atom. The third-order valence-electron chi connectivity index (χ3n) is 1.38. The second-order valence-corrected chi connectivity index (χ2v) is 2.49. The predicted molar refractivity (Wildman–Crippen MR) is 45.5 cm³/mol. The van der Waals surface area contributed by atoms with Crippen molar-refractivity contribution in [1.82, 2.24) is 0 Å². The van der Waals surface area contributed by atoms with Gasteiger partial charge in [-0.2, -0.15) is 4.89 Å². The van der Waals surface area contributed by atoms with Gasteiger partial charge in [0.05, 0.1) is 12.2 Å². The largest absolute Gasteiger partial charge is 0.462 e. The summed E-state index contributed by atoms with van der Waals surface area (Å²) in [6.07, 6.45) is 5.35. The first-order chi connectivity index (χ1) is 6.34. The number of esters is 1. The lowest BCUT2D eigenvalue weighted by Crippen LogP contribution is -2.07. The SMILES string of the molecule is CCCOC(=O)C1=COOCC=C1. The minimum absolute atomic E-state index is 0.334. The average molecular weight is 184 g/mol. The van der Waals surface area contributed by atoms with Gasteiger partial charge in [0.25, 0.3) is 0 Å². The van der Waals surface area contributed by atoms with Crippen LogP contribution in [0.15, 0.2) is 24.0 Å². The molecule has 0 atom stereocenters. The lowest BCUT2D eigenvalue weighted by molar-refractivity contribution is -0.238. The van der Waals surface area contributed by atoms with Crippen molar-refractivity contribution in [2.24, 2.45) is 0 Å². The van der Waals surface area contributed by atoms with Crippen LogP contribution in [0.1, 0.15) is 13.3 Å². The van der Waals surface area contributed by atoms with E-state index in [0.717, 1.165) is 6.42 Å². The van der Waals surface area contributed by atoms with Crippen molar-refractivity contribution >= 4 is 5.97 Å². The van der Waals surface area contributed by atoms with Crippen molar-refractivity contribution in [3.05, 3.63) is 24.0 Å². The summed E-state index contributed by atoms with van der Waals surface area (Å²) >= 11 is 0. The Kier molecular flexibility index (Phi) is 4.05. The topological polar surface area (TPSA) is 44.8 Å². The number of hydrogen-bond acceptors (Lipinski definition) is 4. The molecule has 0 unspecified atom stereocenters. The Morgan fingerprint density at radius 2 is 2.54 bits per heavy atom. The molecule has 0 aromatic heterocycles. The molecule has 0 fully saturated rings. The lowest BCUT2D eigenvalue weighted by atomic mass is 10.3. The molecule has 0 radical (unpaired) electrons. The van der Waals surface area contributed by atoms with Crippen LogP contribution in [0.3, 0.4) is 0 Å². The molecular formula is C9H12O4. The molecule has 0 spiro atoms. The number of ether oxygens (including phenoxy) is 1. The van der Waals surface area contributed by atoms with Crippen molar-refractivity contribution in [1.29, 1.82) is 0 Å². The third-order valence-corrected chi connectivity index (χ3v) is 1.38. The normalized spacial score (nSPS) is 15.6. The fraction of sp³-hybridized carbons (Fsp3) is 0.444. The van der Waals surface area contributed by atoms with Crippen LogP contribution in [0, 0.1) is 0 Å². The minimum atomic E-state index is -0.386. The van der Waals surface area contributed by atoms with E-state index in [0.29, 0.717) is 18.8 Å². The van der Waals surface area contributed by atoms with Crippen LogP contribution in [0.2, 0.25) is 0 Å². The molecule has 0 aromatic carbocycles. The van der Waals surface area contributed by atoms with E-state index < -0.39 is 0 Å². The summed E-state index contributed by atoms with van der Waals surface area (Å²) in [5.74, 6) is -0.386. The quantitative estimate of drug-likeness (QED) is 0.490. The van der Waals surface area contributed by atoms with E-state index in [1.165, 1.54) is 6.26 Å². The molecule has 0 amide bonds. The number of carbonyl (C=O) groups excluding carboxylic acids is 1. The second-order valence-electron chi connectivity index (χ2n) is 2.49. The summed E-state index contributed by atoms with van der Waals surface area (Å²) in [5, 5.41) is 0. The van der Waals surface area contributed by atoms with E-state index in [4.69, 9.17) is 4.74 Å². The standard InChI is InChI=1S/C9H12O4/c1-2-5-11-9(10)8-4-3-6-12-13-7-8/h3-4,7H,2,5-6H2,1H3. The highest BCUT2D eigenvalue weighted by molar-refractivity contribution is 5.91. The number of rotatable bonds is 3. The van der Waals surface area contributed by atoms with E-state index in [-0.39, 0.29) is 5.97 Å². The first kappa shape index (κ1) is 9.80. The number of hydrogen-bond donors (Lipinski definition) is 0. The zero-order valence-corrected chi connectivity index (χ0v) is 7.49. The lowest BCUT2D eigenvalue weighted by Gasteiger charge is -2.01. The summed E-state index contributed by atoms with van der Waals surface area (Å²) in [4.78, 5) is 20.4. The summed E-state index contributed by atoms with van der Waals surface area (Å²) in [6.45, 7) is 2.69. The van der Waals surface area contributed by atoms with E-state index in [9.17, 15) is 4.79 Å². The Balaban J connectivity index is 2.48. The van der Waals surface area contributed by atoms with Crippen molar-refractivity contribution in [2.75, 3.05) is 13.2 Å². The molecule has 0 aromatic rings. The van der Waals surface area contributed by atoms with Crippen LogP contribution in [-0.4, -0.2) is 19.2 Å². The molecule has 0 N–H and O–H groups in total. The van der Waals surface area contributed by atoms with Gasteiger partial charge in [0, 0.05) is 0 Å². The van der Waals surface area contributed by atoms with Gasteiger partial charge in [0.2, 0.25) is 0 Å². The molecule has 0 saturated carbocycles. The van der Waals surface area contributed by atoms with Gasteiger partial charge in [-0.3, -0.25) is 0 Å². The zero-order valence-electron chi connectivity index (χ0n) is 7.49. The molecule has 4 heteroatoms. The van der Waals surface area contributed by atoms with Crippen LogP contribution >= 0.6 is 0 Å². The van der Waals surface area contributed by atoms with Crippen molar-refractivity contribution in [3.8, 4) is 0 Å². The Bertz CT molecular complexity index is 230. The monoisotopic (exact) mass is 184 g/mol. The van der Waals surface area contributed by atoms with Crippen molar-refractivity contribution in [3.63, 3.8) is 0 Å². The maximum atomic E-state index is 11.2. The molecule has 1 aliphatic rings. The number of carbonyl (C=O) groups is 1. The average Bonchev–Trinajstić information content (AvgIpc) is 2.42. The van der Waals surface area contributed by atoms with E-state index >= 15 is 0 Å². The van der Waals surface area contributed by atoms with Gasteiger partial charge < -0.3 is 9.62 Å². The molecule has 0 saturated heterocycles. The molecule has 1 aliphatic heterocycles. The molecule has 0 bridgehead atoms. The summed E-state index contributed by atoms with van der Waals surface area (Å²) in [7, 11) is 0. The molecule has 4 nitrogen and oxygen atoms in total. The molecule has 72 valence electrons. The molecule has 0 aliphatic carbocycles. The highest BCUT2D eigenvalue weighted by Crippen LogP contribution is 2.05. The smallest absolute Gasteiger partial charge is 0.341 e. The van der Waals surface area contributed by atoms with Gasteiger partial charge in [0.1, 0.15) is 12.9 Å². The predicted octanol–water partition coefficient (Wildman–Crippen LogP) is 1.34.